The molecular weight excluding hydrogens is 242 g/mol. The molecule has 0 aromatic heterocycles. The first kappa shape index (κ1) is 13.7. The maximum absolute atomic E-state index is 11.3. The summed E-state index contributed by atoms with van der Waals surface area (Å²) in [6.07, 6.45) is 1.24. The average molecular weight is 259 g/mol. The Labute approximate surface area is 112 Å². The monoisotopic (exact) mass is 259 g/mol. The molecule has 4 nitrogen and oxygen atoms in total. The second kappa shape index (κ2) is 7.03. The van der Waals surface area contributed by atoms with Crippen molar-refractivity contribution in [3.05, 3.63) is 35.9 Å². The Balaban J connectivity index is 1.62. The summed E-state index contributed by atoms with van der Waals surface area (Å²) in [6.45, 7) is 1.28. The van der Waals surface area contributed by atoms with Crippen molar-refractivity contribution < 1.29 is 14.3 Å². The predicted molar refractivity (Wildman–Crippen MR) is 69.2 cm³/mol. The van der Waals surface area contributed by atoms with E-state index in [1.807, 2.05) is 36.4 Å². The number of benzene rings is 1. The first-order chi connectivity index (χ1) is 9.31. The molecule has 1 aromatic rings. The zero-order valence-corrected chi connectivity index (χ0v) is 10.7. The number of hydrogen-bond donors (Lipinski definition) is 0. The zero-order valence-electron chi connectivity index (χ0n) is 10.7. The molecule has 2 atom stereocenters. The zero-order chi connectivity index (χ0) is 13.5. The molecule has 1 heterocycles. The maximum atomic E-state index is 11.3. The van der Waals surface area contributed by atoms with Gasteiger partial charge in [-0.3, -0.25) is 4.79 Å². The van der Waals surface area contributed by atoms with E-state index < -0.39 is 5.92 Å². The van der Waals surface area contributed by atoms with Crippen LogP contribution in [0.4, 0.5) is 0 Å². The van der Waals surface area contributed by atoms with Gasteiger partial charge in [0.25, 0.3) is 0 Å². The minimum atomic E-state index is -0.589. The molecule has 1 aromatic carbocycles. The number of rotatable bonds is 6. The first-order valence-corrected chi connectivity index (χ1v) is 6.47. The average Bonchev–Trinajstić information content (AvgIpc) is 2.80. The quantitative estimate of drug-likeness (QED) is 0.734. The molecule has 2 unspecified atom stereocenters. The molecular formula is C15H17NO3. The van der Waals surface area contributed by atoms with Crippen LogP contribution >= 0.6 is 0 Å². The fourth-order valence-electron chi connectivity index (χ4n) is 2.14. The summed E-state index contributed by atoms with van der Waals surface area (Å²) >= 11 is 0. The van der Waals surface area contributed by atoms with E-state index in [4.69, 9.17) is 14.7 Å². The van der Waals surface area contributed by atoms with E-state index in [-0.39, 0.29) is 18.5 Å². The van der Waals surface area contributed by atoms with Crippen LogP contribution < -0.4 is 0 Å². The van der Waals surface area contributed by atoms with Crippen LogP contribution in [0.25, 0.3) is 0 Å². The highest BCUT2D eigenvalue weighted by Gasteiger charge is 2.35. The van der Waals surface area contributed by atoms with Crippen LogP contribution in [0.3, 0.4) is 0 Å². The molecule has 19 heavy (non-hydrogen) atoms. The molecule has 1 aliphatic rings. The van der Waals surface area contributed by atoms with Crippen molar-refractivity contribution in [1.29, 1.82) is 5.26 Å². The van der Waals surface area contributed by atoms with E-state index in [0.717, 1.165) is 12.0 Å². The summed E-state index contributed by atoms with van der Waals surface area (Å²) in [6, 6.07) is 12.0. The molecule has 0 aliphatic carbocycles. The lowest BCUT2D eigenvalue weighted by Gasteiger charge is -2.11. The van der Waals surface area contributed by atoms with Crippen molar-refractivity contribution in [2.24, 2.45) is 5.92 Å². The fourth-order valence-corrected chi connectivity index (χ4v) is 2.14. The van der Waals surface area contributed by atoms with Gasteiger partial charge in [0.1, 0.15) is 12.5 Å². The van der Waals surface area contributed by atoms with Crippen molar-refractivity contribution in [3.8, 4) is 6.07 Å². The van der Waals surface area contributed by atoms with E-state index >= 15 is 0 Å². The number of nitrogens with zero attached hydrogens (tertiary/aromatic N) is 1. The number of hydrogen-bond acceptors (Lipinski definition) is 4. The number of Topliss-reactive ketones (excluding diaryl/α,β-unsaturated/α-hetero) is 1. The third-order valence-electron chi connectivity index (χ3n) is 3.19. The highest BCUT2D eigenvalue weighted by atomic mass is 16.5. The largest absolute Gasteiger partial charge is 0.377 e. The van der Waals surface area contributed by atoms with E-state index in [2.05, 4.69) is 0 Å². The summed E-state index contributed by atoms with van der Waals surface area (Å²) in [5.74, 6) is -0.688. The number of nitriles is 1. The second-order valence-electron chi connectivity index (χ2n) is 4.60. The topological polar surface area (TPSA) is 59.3 Å². The Morgan fingerprint density at radius 1 is 1.37 bits per heavy atom. The number of ether oxygens (including phenoxy) is 2. The predicted octanol–water partition coefficient (Wildman–Crippen LogP) is 2.09. The molecule has 2 rings (SSSR count). The Morgan fingerprint density at radius 3 is 2.89 bits per heavy atom. The van der Waals surface area contributed by atoms with Crippen LogP contribution in [0.2, 0.25) is 0 Å². The Kier molecular flexibility index (Phi) is 5.08. The lowest BCUT2D eigenvalue weighted by molar-refractivity contribution is -0.119. The van der Waals surface area contributed by atoms with Gasteiger partial charge in [0, 0.05) is 6.61 Å². The molecule has 1 fully saturated rings. The van der Waals surface area contributed by atoms with E-state index in [0.29, 0.717) is 19.6 Å². The molecule has 0 amide bonds. The van der Waals surface area contributed by atoms with Gasteiger partial charge in [0.15, 0.2) is 5.78 Å². The standard InChI is InChI=1S/C15H17NO3/c16-9-13-14(17)11-19-15(13)7-4-8-18-10-12-5-2-1-3-6-12/h1-3,5-6,13,15H,4,7-8,10-11H2. The third kappa shape index (κ3) is 3.88. The molecule has 1 saturated heterocycles. The van der Waals surface area contributed by atoms with Crippen LogP contribution in [-0.2, 0) is 20.9 Å². The summed E-state index contributed by atoms with van der Waals surface area (Å²) in [5, 5.41) is 8.88. The number of carbonyl (C=O) groups is 1. The van der Waals surface area contributed by atoms with Crippen LogP contribution in [0.15, 0.2) is 30.3 Å². The van der Waals surface area contributed by atoms with E-state index in [1.165, 1.54) is 0 Å². The van der Waals surface area contributed by atoms with Gasteiger partial charge < -0.3 is 9.47 Å². The molecule has 0 saturated carbocycles. The van der Waals surface area contributed by atoms with Crippen LogP contribution in [0.5, 0.6) is 0 Å². The van der Waals surface area contributed by atoms with Crippen molar-refractivity contribution in [2.45, 2.75) is 25.6 Å². The second-order valence-corrected chi connectivity index (χ2v) is 4.60. The fraction of sp³-hybridized carbons (Fsp3) is 0.467. The van der Waals surface area contributed by atoms with Gasteiger partial charge in [0.05, 0.1) is 18.8 Å². The van der Waals surface area contributed by atoms with Gasteiger partial charge in [-0.2, -0.15) is 5.26 Å². The van der Waals surface area contributed by atoms with Gasteiger partial charge in [-0.15, -0.1) is 0 Å². The Hall–Kier alpha value is -1.70. The lowest BCUT2D eigenvalue weighted by atomic mass is 9.99. The highest BCUT2D eigenvalue weighted by molar-refractivity contribution is 5.86. The van der Waals surface area contributed by atoms with Crippen molar-refractivity contribution in [1.82, 2.24) is 0 Å². The maximum Gasteiger partial charge on any atom is 0.178 e. The molecule has 4 heteroatoms. The molecule has 1 aliphatic heterocycles. The minimum Gasteiger partial charge on any atom is -0.377 e. The highest BCUT2D eigenvalue weighted by Crippen LogP contribution is 2.21. The van der Waals surface area contributed by atoms with Gasteiger partial charge in [-0.1, -0.05) is 30.3 Å². The molecule has 0 spiro atoms. The van der Waals surface area contributed by atoms with Crippen molar-refractivity contribution >= 4 is 5.78 Å². The van der Waals surface area contributed by atoms with E-state index in [1.54, 1.807) is 0 Å². The van der Waals surface area contributed by atoms with Crippen molar-refractivity contribution in [2.75, 3.05) is 13.2 Å². The van der Waals surface area contributed by atoms with Gasteiger partial charge in [-0.25, -0.2) is 0 Å². The van der Waals surface area contributed by atoms with Gasteiger partial charge in [-0.05, 0) is 18.4 Å². The smallest absolute Gasteiger partial charge is 0.178 e. The SMILES string of the molecule is N#CC1C(=O)COC1CCCOCc1ccccc1. The molecule has 100 valence electrons. The molecule has 0 radical (unpaired) electrons. The Morgan fingerprint density at radius 2 is 2.16 bits per heavy atom. The van der Waals surface area contributed by atoms with Crippen molar-refractivity contribution in [3.63, 3.8) is 0 Å². The summed E-state index contributed by atoms with van der Waals surface area (Å²) in [4.78, 5) is 11.3. The summed E-state index contributed by atoms with van der Waals surface area (Å²) < 4.78 is 10.9. The Bertz CT molecular complexity index is 452. The van der Waals surface area contributed by atoms with Crippen LogP contribution in [-0.4, -0.2) is 25.1 Å². The minimum absolute atomic E-state index is 0.0771. The summed E-state index contributed by atoms with van der Waals surface area (Å²) in [7, 11) is 0. The van der Waals surface area contributed by atoms with E-state index in [9.17, 15) is 4.79 Å². The first-order valence-electron chi connectivity index (χ1n) is 6.47. The molecule has 0 N–H and O–H groups in total. The number of carbonyl (C=O) groups excluding carboxylic acids is 1. The third-order valence-corrected chi connectivity index (χ3v) is 3.19. The van der Waals surface area contributed by atoms with Crippen LogP contribution in [0, 0.1) is 17.2 Å². The number of ketones is 1. The summed E-state index contributed by atoms with van der Waals surface area (Å²) in [5.41, 5.74) is 1.14. The normalized spacial score (nSPS) is 22.4. The van der Waals surface area contributed by atoms with Gasteiger partial charge in [0.2, 0.25) is 0 Å². The molecule has 0 bridgehead atoms. The lowest BCUT2D eigenvalue weighted by Crippen LogP contribution is -2.19. The van der Waals surface area contributed by atoms with Crippen LogP contribution in [0.1, 0.15) is 18.4 Å². The van der Waals surface area contributed by atoms with Gasteiger partial charge >= 0.3 is 0 Å².